The van der Waals surface area contributed by atoms with Gasteiger partial charge in [0.15, 0.2) is 0 Å². The summed E-state index contributed by atoms with van der Waals surface area (Å²) >= 11 is 6.24. The van der Waals surface area contributed by atoms with Crippen molar-refractivity contribution in [3.05, 3.63) is 22.8 Å². The van der Waals surface area contributed by atoms with Crippen molar-refractivity contribution in [2.24, 2.45) is 35.0 Å². The quantitative estimate of drug-likeness (QED) is 0.364. The van der Waals surface area contributed by atoms with Crippen molar-refractivity contribution in [2.45, 2.75) is 109 Å². The third kappa shape index (κ3) is 3.54. The molecule has 0 aromatic carbocycles. The fourth-order valence-corrected chi connectivity index (χ4v) is 10.2. The van der Waals surface area contributed by atoms with E-state index in [9.17, 15) is 5.11 Å². The summed E-state index contributed by atoms with van der Waals surface area (Å²) in [6, 6.07) is 0.534. The molecule has 4 heteroatoms. The first kappa shape index (κ1) is 24.0. The summed E-state index contributed by atoms with van der Waals surface area (Å²) in [6.07, 6.45) is 13.2. The Hall–Kier alpha value is -0.350. The second-order valence-corrected chi connectivity index (χ2v) is 13.8. The topological polar surface area (TPSA) is 32.7 Å². The summed E-state index contributed by atoms with van der Waals surface area (Å²) in [4.78, 5) is 2.67. The highest BCUT2D eigenvalue weighted by molar-refractivity contribution is 6.18. The molecule has 0 amide bonds. The van der Waals surface area contributed by atoms with Crippen LogP contribution in [0.4, 0.5) is 0 Å². The predicted octanol–water partition coefficient (Wildman–Crippen LogP) is 6.34. The van der Waals surface area contributed by atoms with Gasteiger partial charge in [0.2, 0.25) is 0 Å². The maximum Gasteiger partial charge on any atom is 0.0765 e. The van der Waals surface area contributed by atoms with E-state index in [4.69, 9.17) is 16.3 Å². The molecule has 6 rings (SSSR count). The highest BCUT2D eigenvalue weighted by Crippen LogP contribution is 2.63. The van der Waals surface area contributed by atoms with E-state index < -0.39 is 0 Å². The van der Waals surface area contributed by atoms with Gasteiger partial charge < -0.3 is 9.84 Å². The van der Waals surface area contributed by atoms with Crippen molar-refractivity contribution < 1.29 is 9.84 Å². The lowest BCUT2D eigenvalue weighted by Crippen LogP contribution is -2.52. The van der Waals surface area contributed by atoms with Gasteiger partial charge in [0, 0.05) is 30.9 Å². The fraction of sp³-hybridized carbons (Fsp3) is 0.867. The number of nitrogens with zero attached hydrogens (tertiary/aromatic N) is 1. The second kappa shape index (κ2) is 8.61. The molecule has 2 saturated heterocycles. The minimum Gasteiger partial charge on any atom is -0.393 e. The molecule has 2 aliphatic heterocycles. The third-order valence-electron chi connectivity index (χ3n) is 11.6. The summed E-state index contributed by atoms with van der Waals surface area (Å²) in [5.74, 6) is 4.27. The Morgan fingerprint density at radius 3 is 2.82 bits per heavy atom. The zero-order valence-corrected chi connectivity index (χ0v) is 22.6. The van der Waals surface area contributed by atoms with Crippen LogP contribution in [0.15, 0.2) is 22.8 Å². The molecule has 1 spiro atoms. The molecule has 6 aliphatic rings. The Morgan fingerprint density at radius 1 is 1.21 bits per heavy atom. The monoisotopic (exact) mass is 487 g/mol. The van der Waals surface area contributed by atoms with Gasteiger partial charge in [-0.25, -0.2) is 0 Å². The van der Waals surface area contributed by atoms with Crippen LogP contribution >= 0.6 is 11.6 Å². The number of piperidine rings is 1. The molecule has 0 radical (unpaired) electrons. The van der Waals surface area contributed by atoms with Gasteiger partial charge in [0.1, 0.15) is 0 Å². The highest BCUT2D eigenvalue weighted by atomic mass is 35.5. The molecule has 4 aliphatic carbocycles. The maximum atomic E-state index is 10.3. The molecular formula is C30H46ClNO2. The average Bonchev–Trinajstić information content (AvgIpc) is 3.25. The van der Waals surface area contributed by atoms with Crippen LogP contribution in [0, 0.1) is 35.0 Å². The molecule has 2 heterocycles. The van der Waals surface area contributed by atoms with Gasteiger partial charge in [-0.15, -0.1) is 11.6 Å². The van der Waals surface area contributed by atoms with Crippen LogP contribution in [0.3, 0.4) is 0 Å². The molecule has 0 bridgehead atoms. The molecule has 0 aromatic rings. The zero-order valence-electron chi connectivity index (χ0n) is 21.9. The predicted molar refractivity (Wildman–Crippen MR) is 139 cm³/mol. The third-order valence-corrected chi connectivity index (χ3v) is 11.8. The number of likely N-dealkylation sites (tertiary alicyclic amines) is 1. The normalized spacial score (nSPS) is 50.9. The van der Waals surface area contributed by atoms with Gasteiger partial charge in [-0.2, -0.15) is 0 Å². The first-order valence-electron chi connectivity index (χ1n) is 14.3. The highest BCUT2D eigenvalue weighted by Gasteiger charge is 2.59. The van der Waals surface area contributed by atoms with E-state index in [2.05, 4.69) is 38.7 Å². The van der Waals surface area contributed by atoms with Crippen LogP contribution in [0.5, 0.6) is 0 Å². The first-order valence-corrected chi connectivity index (χ1v) is 14.8. The number of aliphatic hydroxyl groups is 1. The molecule has 34 heavy (non-hydrogen) atoms. The van der Waals surface area contributed by atoms with Gasteiger partial charge in [-0.1, -0.05) is 43.6 Å². The number of ether oxygens (including phenoxy) is 1. The Balaban J connectivity index is 1.27. The molecule has 1 N–H and O–H groups in total. The number of aliphatic hydroxyl groups excluding tert-OH is 1. The van der Waals surface area contributed by atoms with Crippen molar-refractivity contribution >= 4 is 11.6 Å². The largest absolute Gasteiger partial charge is 0.393 e. The molecule has 1 unspecified atom stereocenters. The Bertz CT molecular complexity index is 883. The van der Waals surface area contributed by atoms with Crippen LogP contribution < -0.4 is 0 Å². The number of hydrogen-bond donors (Lipinski definition) is 1. The van der Waals surface area contributed by atoms with Crippen LogP contribution in [0.25, 0.3) is 0 Å². The van der Waals surface area contributed by atoms with E-state index in [0.717, 1.165) is 49.4 Å². The van der Waals surface area contributed by atoms with E-state index >= 15 is 0 Å². The molecular weight excluding hydrogens is 442 g/mol. The van der Waals surface area contributed by atoms with Gasteiger partial charge in [-0.05, 0) is 93.8 Å². The number of allylic oxidation sites excluding steroid dienone is 2. The second-order valence-electron chi connectivity index (χ2n) is 13.4. The molecule has 190 valence electrons. The van der Waals surface area contributed by atoms with Crippen LogP contribution in [-0.4, -0.2) is 52.8 Å². The van der Waals surface area contributed by atoms with E-state index in [-0.39, 0.29) is 11.7 Å². The Labute approximate surface area is 212 Å². The minimum atomic E-state index is -0.116. The summed E-state index contributed by atoms with van der Waals surface area (Å²) in [7, 11) is 0. The molecule has 10 atom stereocenters. The lowest BCUT2D eigenvalue weighted by molar-refractivity contribution is -0.0789. The lowest BCUT2D eigenvalue weighted by Gasteiger charge is -2.49. The lowest BCUT2D eigenvalue weighted by atomic mass is 9.56. The van der Waals surface area contributed by atoms with Crippen LogP contribution in [0.2, 0.25) is 0 Å². The molecule has 2 saturated carbocycles. The number of halogens is 1. The standard InChI is InChI=1S/C30H46ClNO2/c1-18-13-27-28(32(17-18)12-11-31)20(3)30(34-27)10-8-23-24-6-5-21-14-22(33)7-9-29(21,4)26(24)15-25(23)19(2)16-30/h5,18,20,22-24,26-28,33H,6-17H2,1-4H3/t18-,20+,22-,23-,24-,26-,27+,28-,29-,30?/m0/s1. The van der Waals surface area contributed by atoms with Crippen molar-refractivity contribution in [2.75, 3.05) is 19.0 Å². The number of alkyl halides is 1. The summed E-state index contributed by atoms with van der Waals surface area (Å²) in [6.45, 7) is 12.0. The minimum absolute atomic E-state index is 0.00932. The first-order chi connectivity index (χ1) is 16.3. The maximum absolute atomic E-state index is 10.3. The molecule has 3 nitrogen and oxygen atoms in total. The van der Waals surface area contributed by atoms with E-state index in [1.807, 2.05) is 0 Å². The van der Waals surface area contributed by atoms with E-state index in [1.54, 1.807) is 16.7 Å². The van der Waals surface area contributed by atoms with Gasteiger partial charge in [0.05, 0.1) is 17.8 Å². The summed E-state index contributed by atoms with van der Waals surface area (Å²) in [5, 5.41) is 10.3. The van der Waals surface area contributed by atoms with E-state index in [1.165, 1.54) is 45.1 Å². The Morgan fingerprint density at radius 2 is 2.03 bits per heavy atom. The fourth-order valence-electron chi connectivity index (χ4n) is 9.95. The van der Waals surface area contributed by atoms with Gasteiger partial charge in [0.25, 0.3) is 0 Å². The smallest absolute Gasteiger partial charge is 0.0765 e. The number of fused-ring (bicyclic) bond motifs is 6. The Kier molecular flexibility index (Phi) is 6.08. The number of hydrogen-bond acceptors (Lipinski definition) is 3. The van der Waals surface area contributed by atoms with Crippen LogP contribution in [-0.2, 0) is 4.74 Å². The number of rotatable bonds is 2. The van der Waals surface area contributed by atoms with Crippen molar-refractivity contribution in [3.63, 3.8) is 0 Å². The molecule has 4 fully saturated rings. The summed E-state index contributed by atoms with van der Waals surface area (Å²) in [5.41, 5.74) is 5.34. The van der Waals surface area contributed by atoms with Crippen molar-refractivity contribution in [1.29, 1.82) is 0 Å². The average molecular weight is 488 g/mol. The molecule has 0 aromatic heterocycles. The van der Waals surface area contributed by atoms with E-state index in [0.29, 0.717) is 29.4 Å². The summed E-state index contributed by atoms with van der Waals surface area (Å²) < 4.78 is 7.16. The van der Waals surface area contributed by atoms with Gasteiger partial charge in [-0.3, -0.25) is 4.90 Å². The van der Waals surface area contributed by atoms with Crippen molar-refractivity contribution in [1.82, 2.24) is 4.90 Å². The van der Waals surface area contributed by atoms with Crippen LogP contribution in [0.1, 0.15) is 85.5 Å². The van der Waals surface area contributed by atoms with Crippen molar-refractivity contribution in [3.8, 4) is 0 Å². The SMILES string of the molecule is CC1=C2C[C@H]3[C@@H](CC=C4C[C@@H](O)CC[C@@]43C)[C@@H]2CCC2(C1)O[C@@H]1C[C@H](C)CN(CCCl)[C@H]1[C@H]2C. The zero-order chi connectivity index (χ0) is 23.8. The van der Waals surface area contributed by atoms with Gasteiger partial charge >= 0.3 is 0 Å².